The van der Waals surface area contributed by atoms with Crippen molar-refractivity contribution in [1.82, 2.24) is 0 Å². The predicted octanol–water partition coefficient (Wildman–Crippen LogP) is 2.48. The van der Waals surface area contributed by atoms with Crippen LogP contribution in [0.25, 0.3) is 0 Å². The highest BCUT2D eigenvalue weighted by Gasteiger charge is 1.90. The molecule has 8 heteroatoms. The molecule has 0 saturated heterocycles. The summed E-state index contributed by atoms with van der Waals surface area (Å²) in [5.74, 6) is -0.722. The molecule has 0 aliphatic rings. The van der Waals surface area contributed by atoms with Crippen molar-refractivity contribution in [3.05, 3.63) is 0 Å². The van der Waals surface area contributed by atoms with E-state index in [1.54, 1.807) is 0 Å². The van der Waals surface area contributed by atoms with Crippen molar-refractivity contribution in [2.75, 3.05) is 24.7 Å². The Balaban J connectivity index is -0.000000284. The second-order valence-corrected chi connectivity index (χ2v) is 5.55. The summed E-state index contributed by atoms with van der Waals surface area (Å²) in [6.07, 6.45) is 8.20. The Hall–Kier alpha value is -0.440. The number of unbranched alkanes of at least 4 members (excludes halogenated alkanes) is 6. The van der Waals surface area contributed by atoms with Crippen LogP contribution in [0.4, 0.5) is 0 Å². The monoisotopic (exact) mass is 372 g/mol. The predicted molar refractivity (Wildman–Crippen MR) is 98.7 cm³/mol. The maximum atomic E-state index is 9.55. The number of hydrogen-bond donors (Lipinski definition) is 6. The minimum Gasteiger partial charge on any atom is -0.481 e. The van der Waals surface area contributed by atoms with E-state index in [4.69, 9.17) is 20.4 Å². The molecule has 140 valence electrons. The second-order valence-electron chi connectivity index (χ2n) is 4.66. The zero-order chi connectivity index (χ0) is 18.3. The summed E-state index contributed by atoms with van der Waals surface area (Å²) in [5.41, 5.74) is 0. The maximum absolute atomic E-state index is 9.55. The molecule has 6 nitrogen and oxygen atoms in total. The number of hydrogen-bond acceptors (Lipinski definition) is 6. The van der Waals surface area contributed by atoms with E-state index in [0.717, 1.165) is 25.7 Å². The first-order valence-electron chi connectivity index (χ1n) is 7.83. The smallest absolute Gasteiger partial charge is 0.304 e. The van der Waals surface area contributed by atoms with Crippen LogP contribution in [0.15, 0.2) is 0 Å². The molecule has 4 N–H and O–H groups in total. The van der Waals surface area contributed by atoms with Crippen molar-refractivity contribution in [2.45, 2.75) is 57.8 Å². The van der Waals surface area contributed by atoms with E-state index in [1.807, 2.05) is 0 Å². The van der Waals surface area contributed by atoms with E-state index >= 15 is 0 Å². The molecule has 0 aliphatic carbocycles. The molecule has 0 aromatic rings. The van der Waals surface area contributed by atoms with Gasteiger partial charge in [0.05, 0.1) is 12.8 Å². The van der Waals surface area contributed by atoms with Crippen LogP contribution >= 0.6 is 25.3 Å². The van der Waals surface area contributed by atoms with Gasteiger partial charge in [-0.15, -0.1) is 0 Å². The Labute approximate surface area is 150 Å². The van der Waals surface area contributed by atoms with Crippen LogP contribution in [-0.4, -0.2) is 57.1 Å². The van der Waals surface area contributed by atoms with Crippen molar-refractivity contribution >= 4 is 37.2 Å². The van der Waals surface area contributed by atoms with Gasteiger partial charge in [0.2, 0.25) is 0 Å². The van der Waals surface area contributed by atoms with E-state index in [0.29, 0.717) is 24.7 Å². The van der Waals surface area contributed by atoms with Gasteiger partial charge in [-0.3, -0.25) is 9.59 Å². The Morgan fingerprint density at radius 3 is 1.00 bits per heavy atom. The lowest BCUT2D eigenvalue weighted by Crippen LogP contribution is -1.93. The van der Waals surface area contributed by atoms with Gasteiger partial charge in [0, 0.05) is 24.7 Å². The molecule has 0 atom stereocenters. The van der Waals surface area contributed by atoms with Gasteiger partial charge in [-0.1, -0.05) is 32.1 Å². The number of aliphatic hydroxyl groups is 2. The lowest BCUT2D eigenvalue weighted by molar-refractivity contribution is -0.137. The van der Waals surface area contributed by atoms with E-state index in [1.165, 1.54) is 19.3 Å². The van der Waals surface area contributed by atoms with E-state index < -0.39 is 11.9 Å². The van der Waals surface area contributed by atoms with Crippen molar-refractivity contribution in [3.63, 3.8) is 0 Å². The lowest BCUT2D eigenvalue weighted by atomic mass is 10.1. The average molecular weight is 373 g/mol. The molecule has 0 aliphatic heterocycles. The summed E-state index contributed by atoms with van der Waals surface area (Å²) in [5, 5.41) is 32.7. The minimum absolute atomic E-state index is 0.156. The van der Waals surface area contributed by atoms with Gasteiger partial charge < -0.3 is 20.4 Å². The fourth-order valence-electron chi connectivity index (χ4n) is 1.30. The molecule has 0 aromatic heterocycles. The third-order valence-electron chi connectivity index (χ3n) is 2.47. The molecule has 0 unspecified atom stereocenters. The summed E-state index contributed by atoms with van der Waals surface area (Å²) >= 11 is 7.36. The fraction of sp³-hybridized carbons (Fsp3) is 0.867. The minimum atomic E-state index is -0.787. The highest BCUT2D eigenvalue weighted by atomic mass is 32.1. The standard InChI is InChI=1S/C9H20O2.2C3H6O2S/c10-8-6-4-2-1-3-5-7-9-11;2*4-3(5)1-2-6/h10-11H,1-9H2;2*6H,1-2H2,(H,4,5). The van der Waals surface area contributed by atoms with Gasteiger partial charge in [0.15, 0.2) is 0 Å². The number of aliphatic hydroxyl groups excluding tert-OH is 2. The largest absolute Gasteiger partial charge is 0.481 e. The summed E-state index contributed by atoms with van der Waals surface area (Å²) in [4.78, 5) is 19.1. The molecular weight excluding hydrogens is 340 g/mol. The van der Waals surface area contributed by atoms with Crippen molar-refractivity contribution < 1.29 is 30.0 Å². The van der Waals surface area contributed by atoms with Crippen LogP contribution in [0, 0.1) is 0 Å². The van der Waals surface area contributed by atoms with E-state index in [2.05, 4.69) is 25.3 Å². The van der Waals surface area contributed by atoms with Crippen LogP contribution in [0.1, 0.15) is 57.8 Å². The second kappa shape index (κ2) is 26.5. The Bertz CT molecular complexity index is 228. The first-order chi connectivity index (χ1) is 11.0. The summed E-state index contributed by atoms with van der Waals surface area (Å²) < 4.78 is 0. The number of carboxylic acid groups (broad SMARTS) is 2. The Morgan fingerprint density at radius 1 is 0.609 bits per heavy atom. The molecule has 0 radical (unpaired) electrons. The summed E-state index contributed by atoms with van der Waals surface area (Å²) in [6, 6.07) is 0. The molecule has 0 rings (SSSR count). The third-order valence-corrected chi connectivity index (χ3v) is 2.91. The molecule has 0 saturated carbocycles. The van der Waals surface area contributed by atoms with Crippen LogP contribution in [0.5, 0.6) is 0 Å². The zero-order valence-electron chi connectivity index (χ0n) is 13.7. The summed E-state index contributed by atoms with van der Waals surface area (Å²) in [7, 11) is 0. The van der Waals surface area contributed by atoms with Crippen LogP contribution < -0.4 is 0 Å². The van der Waals surface area contributed by atoms with E-state index in [9.17, 15) is 9.59 Å². The molecule has 0 bridgehead atoms. The quantitative estimate of drug-likeness (QED) is 0.232. The maximum Gasteiger partial charge on any atom is 0.304 e. The van der Waals surface area contributed by atoms with Gasteiger partial charge >= 0.3 is 11.9 Å². The van der Waals surface area contributed by atoms with Crippen LogP contribution in [0.3, 0.4) is 0 Å². The summed E-state index contributed by atoms with van der Waals surface area (Å²) in [6.45, 7) is 0.660. The van der Waals surface area contributed by atoms with Gasteiger partial charge in [-0.25, -0.2) is 0 Å². The van der Waals surface area contributed by atoms with Gasteiger partial charge in [-0.05, 0) is 12.8 Å². The SMILES string of the molecule is O=C(O)CCS.O=C(O)CCS.OCCCCCCCCCO. The van der Waals surface area contributed by atoms with Crippen LogP contribution in [-0.2, 0) is 9.59 Å². The number of carbonyl (C=O) groups is 2. The molecule has 0 fully saturated rings. The molecular formula is C15H32O6S2. The molecule has 0 spiro atoms. The Kier molecular flexibility index (Phi) is 31.5. The van der Waals surface area contributed by atoms with Gasteiger partial charge in [-0.2, -0.15) is 25.3 Å². The van der Waals surface area contributed by atoms with Crippen LogP contribution in [0.2, 0.25) is 0 Å². The molecule has 0 heterocycles. The average Bonchev–Trinajstić information content (AvgIpc) is 2.47. The first kappa shape index (κ1) is 27.4. The number of rotatable bonds is 12. The Morgan fingerprint density at radius 2 is 0.870 bits per heavy atom. The fourth-order valence-corrected chi connectivity index (χ4v) is 1.68. The normalized spacial score (nSPS) is 9.22. The molecule has 0 amide bonds. The van der Waals surface area contributed by atoms with Crippen molar-refractivity contribution in [3.8, 4) is 0 Å². The van der Waals surface area contributed by atoms with Crippen molar-refractivity contribution in [1.29, 1.82) is 0 Å². The van der Waals surface area contributed by atoms with Gasteiger partial charge in [0.25, 0.3) is 0 Å². The zero-order valence-corrected chi connectivity index (χ0v) is 15.5. The number of carboxylic acids is 2. The third kappa shape index (κ3) is 44.9. The molecule has 0 aromatic carbocycles. The van der Waals surface area contributed by atoms with Gasteiger partial charge in [0.1, 0.15) is 0 Å². The lowest BCUT2D eigenvalue weighted by Gasteiger charge is -1.98. The van der Waals surface area contributed by atoms with E-state index in [-0.39, 0.29) is 12.8 Å². The number of aliphatic carboxylic acids is 2. The topological polar surface area (TPSA) is 115 Å². The highest BCUT2D eigenvalue weighted by molar-refractivity contribution is 7.80. The van der Waals surface area contributed by atoms with Crippen molar-refractivity contribution in [2.24, 2.45) is 0 Å². The first-order valence-corrected chi connectivity index (χ1v) is 9.09. The molecule has 23 heavy (non-hydrogen) atoms. The number of thiol groups is 2. The highest BCUT2D eigenvalue weighted by Crippen LogP contribution is 2.06.